The van der Waals surface area contributed by atoms with E-state index in [0.717, 1.165) is 11.7 Å². The van der Waals surface area contributed by atoms with Crippen molar-refractivity contribution in [1.29, 1.82) is 0 Å². The summed E-state index contributed by atoms with van der Waals surface area (Å²) in [6.07, 6.45) is 6.82. The minimum absolute atomic E-state index is 0.0356. The quantitative estimate of drug-likeness (QED) is 0.504. The molecule has 1 heterocycles. The van der Waals surface area contributed by atoms with Crippen LogP contribution in [0.5, 0.6) is 0 Å². The Morgan fingerprint density at radius 3 is 3.00 bits per heavy atom. The van der Waals surface area contributed by atoms with Crippen LogP contribution in [0.4, 0.5) is 0 Å². The van der Waals surface area contributed by atoms with Crippen LogP contribution in [0, 0.1) is 0 Å². The summed E-state index contributed by atoms with van der Waals surface area (Å²) in [6.45, 7) is 2.37. The predicted octanol–water partition coefficient (Wildman–Crippen LogP) is 3.01. The molecule has 0 aromatic rings. The second-order valence-corrected chi connectivity index (χ2v) is 5.09. The molecule has 1 aliphatic rings. The number of thioether (sulfide) groups is 1. The molecular weight excluding hydrogens is 196 g/mol. The lowest BCUT2D eigenvalue weighted by Crippen LogP contribution is -2.04. The Balaban J connectivity index is 1.90. The van der Waals surface area contributed by atoms with Gasteiger partial charge < -0.3 is 4.74 Å². The SMILES string of the molecule is CCOC(=O)CCCCC1CCCS1. The number of carbonyl (C=O) groups is 1. The molecule has 1 aliphatic heterocycles. The van der Waals surface area contributed by atoms with Gasteiger partial charge in [-0.15, -0.1) is 0 Å². The summed E-state index contributed by atoms with van der Waals surface area (Å²) >= 11 is 2.10. The van der Waals surface area contributed by atoms with E-state index < -0.39 is 0 Å². The van der Waals surface area contributed by atoms with Crippen LogP contribution in [0.25, 0.3) is 0 Å². The van der Waals surface area contributed by atoms with Crippen molar-refractivity contribution in [2.45, 2.75) is 50.7 Å². The number of unbranched alkanes of at least 4 members (excludes halogenated alkanes) is 1. The average molecular weight is 216 g/mol. The van der Waals surface area contributed by atoms with Gasteiger partial charge in [0.2, 0.25) is 0 Å². The molecule has 2 nitrogen and oxygen atoms in total. The molecule has 0 N–H and O–H groups in total. The fraction of sp³-hybridized carbons (Fsp3) is 0.909. The fourth-order valence-corrected chi connectivity index (χ4v) is 3.08. The summed E-state index contributed by atoms with van der Waals surface area (Å²) in [5.41, 5.74) is 0. The fourth-order valence-electron chi connectivity index (χ4n) is 1.75. The summed E-state index contributed by atoms with van der Waals surface area (Å²) in [4.78, 5) is 11.0. The maximum Gasteiger partial charge on any atom is 0.305 e. The average Bonchev–Trinajstić information content (AvgIpc) is 2.65. The van der Waals surface area contributed by atoms with Crippen LogP contribution >= 0.6 is 11.8 Å². The van der Waals surface area contributed by atoms with Crippen molar-refractivity contribution in [2.75, 3.05) is 12.4 Å². The third-order valence-electron chi connectivity index (χ3n) is 2.49. The Morgan fingerprint density at radius 1 is 1.50 bits per heavy atom. The van der Waals surface area contributed by atoms with E-state index in [9.17, 15) is 4.79 Å². The zero-order valence-electron chi connectivity index (χ0n) is 8.96. The largest absolute Gasteiger partial charge is 0.466 e. The monoisotopic (exact) mass is 216 g/mol. The minimum Gasteiger partial charge on any atom is -0.466 e. The van der Waals surface area contributed by atoms with E-state index in [-0.39, 0.29) is 5.97 Å². The first-order chi connectivity index (χ1) is 6.83. The summed E-state index contributed by atoms with van der Waals surface area (Å²) in [5, 5.41) is 0.872. The van der Waals surface area contributed by atoms with Crippen LogP contribution in [0.2, 0.25) is 0 Å². The van der Waals surface area contributed by atoms with E-state index in [4.69, 9.17) is 4.74 Å². The molecule has 82 valence electrons. The first-order valence-electron chi connectivity index (χ1n) is 5.60. The lowest BCUT2D eigenvalue weighted by Gasteiger charge is -2.07. The van der Waals surface area contributed by atoms with Crippen molar-refractivity contribution in [3.63, 3.8) is 0 Å². The van der Waals surface area contributed by atoms with Crippen molar-refractivity contribution in [3.8, 4) is 0 Å². The van der Waals surface area contributed by atoms with Crippen molar-refractivity contribution < 1.29 is 9.53 Å². The predicted molar refractivity (Wildman–Crippen MR) is 60.6 cm³/mol. The minimum atomic E-state index is -0.0356. The van der Waals surface area contributed by atoms with Gasteiger partial charge in [-0.3, -0.25) is 4.79 Å². The highest BCUT2D eigenvalue weighted by molar-refractivity contribution is 8.00. The Morgan fingerprint density at radius 2 is 2.36 bits per heavy atom. The van der Waals surface area contributed by atoms with Gasteiger partial charge in [0.05, 0.1) is 6.61 Å². The zero-order chi connectivity index (χ0) is 10.2. The van der Waals surface area contributed by atoms with Gasteiger partial charge in [0.15, 0.2) is 0 Å². The molecule has 0 amide bonds. The van der Waals surface area contributed by atoms with Crippen molar-refractivity contribution in [1.82, 2.24) is 0 Å². The second kappa shape index (κ2) is 7.16. The molecule has 0 saturated carbocycles. The topological polar surface area (TPSA) is 26.3 Å². The Kier molecular flexibility index (Phi) is 6.08. The van der Waals surface area contributed by atoms with Crippen LogP contribution in [0.15, 0.2) is 0 Å². The molecule has 0 aliphatic carbocycles. The van der Waals surface area contributed by atoms with Crippen LogP contribution in [-0.2, 0) is 9.53 Å². The van der Waals surface area contributed by atoms with Gasteiger partial charge in [0, 0.05) is 11.7 Å². The molecule has 3 heteroatoms. The lowest BCUT2D eigenvalue weighted by molar-refractivity contribution is -0.143. The zero-order valence-corrected chi connectivity index (χ0v) is 9.78. The van der Waals surface area contributed by atoms with E-state index in [2.05, 4.69) is 11.8 Å². The summed E-state index contributed by atoms with van der Waals surface area (Å²) in [5.74, 6) is 1.30. The number of carbonyl (C=O) groups excluding carboxylic acids is 1. The van der Waals surface area contributed by atoms with Crippen molar-refractivity contribution in [2.24, 2.45) is 0 Å². The van der Waals surface area contributed by atoms with Crippen LogP contribution in [0.1, 0.15) is 45.4 Å². The van der Waals surface area contributed by atoms with E-state index in [1.54, 1.807) is 0 Å². The van der Waals surface area contributed by atoms with Gasteiger partial charge in [0.25, 0.3) is 0 Å². The molecule has 0 spiro atoms. The van der Waals surface area contributed by atoms with Gasteiger partial charge in [-0.05, 0) is 38.4 Å². The van der Waals surface area contributed by atoms with Gasteiger partial charge in [-0.25, -0.2) is 0 Å². The molecule has 14 heavy (non-hydrogen) atoms. The number of hydrogen-bond acceptors (Lipinski definition) is 3. The Labute approximate surface area is 90.8 Å². The van der Waals surface area contributed by atoms with Gasteiger partial charge in [-0.1, -0.05) is 6.42 Å². The molecule has 1 fully saturated rings. The van der Waals surface area contributed by atoms with Crippen LogP contribution < -0.4 is 0 Å². The molecule has 1 saturated heterocycles. The van der Waals surface area contributed by atoms with Gasteiger partial charge in [0.1, 0.15) is 0 Å². The standard InChI is InChI=1S/C11H20O2S/c1-2-13-11(12)8-4-3-6-10-7-5-9-14-10/h10H,2-9H2,1H3. The Bertz CT molecular complexity index is 165. The molecule has 0 radical (unpaired) electrons. The maximum atomic E-state index is 11.0. The third kappa shape index (κ3) is 4.89. The van der Waals surface area contributed by atoms with Crippen LogP contribution in [0.3, 0.4) is 0 Å². The van der Waals surface area contributed by atoms with E-state index >= 15 is 0 Å². The second-order valence-electron chi connectivity index (χ2n) is 3.69. The van der Waals surface area contributed by atoms with Crippen molar-refractivity contribution in [3.05, 3.63) is 0 Å². The van der Waals surface area contributed by atoms with E-state index in [0.29, 0.717) is 13.0 Å². The number of rotatable bonds is 6. The van der Waals surface area contributed by atoms with Crippen LogP contribution in [-0.4, -0.2) is 23.6 Å². The van der Waals surface area contributed by atoms with Crippen molar-refractivity contribution >= 4 is 17.7 Å². The highest BCUT2D eigenvalue weighted by atomic mass is 32.2. The Hall–Kier alpha value is -0.180. The molecule has 0 aromatic carbocycles. The summed E-state index contributed by atoms with van der Waals surface area (Å²) in [7, 11) is 0. The molecule has 1 rings (SSSR count). The molecule has 0 bridgehead atoms. The van der Waals surface area contributed by atoms with E-state index in [1.165, 1.54) is 31.4 Å². The highest BCUT2D eigenvalue weighted by Crippen LogP contribution is 2.29. The molecular formula is C11H20O2S. The molecule has 1 atom stereocenters. The smallest absolute Gasteiger partial charge is 0.305 e. The third-order valence-corrected chi connectivity index (χ3v) is 3.95. The first-order valence-corrected chi connectivity index (χ1v) is 6.65. The summed E-state index contributed by atoms with van der Waals surface area (Å²) < 4.78 is 4.87. The molecule has 1 unspecified atom stereocenters. The summed E-state index contributed by atoms with van der Waals surface area (Å²) in [6, 6.07) is 0. The maximum absolute atomic E-state index is 11.0. The van der Waals surface area contributed by atoms with Gasteiger partial charge >= 0.3 is 5.97 Å². The number of esters is 1. The molecule has 0 aromatic heterocycles. The first kappa shape index (κ1) is 11.9. The normalized spacial score (nSPS) is 21.1. The van der Waals surface area contributed by atoms with E-state index in [1.807, 2.05) is 6.92 Å². The lowest BCUT2D eigenvalue weighted by atomic mass is 10.1. The van der Waals surface area contributed by atoms with Gasteiger partial charge in [-0.2, -0.15) is 11.8 Å². The number of hydrogen-bond donors (Lipinski definition) is 0. The number of ether oxygens (including phenoxy) is 1. The highest BCUT2D eigenvalue weighted by Gasteiger charge is 2.14.